The van der Waals surface area contributed by atoms with E-state index in [2.05, 4.69) is 13.5 Å². The van der Waals surface area contributed by atoms with Gasteiger partial charge in [-0.25, -0.2) is 8.42 Å². The lowest BCUT2D eigenvalue weighted by Crippen LogP contribution is -2.28. The number of hydrogen-bond donors (Lipinski definition) is 0. The second-order valence-electron chi connectivity index (χ2n) is 7.52. The largest absolute Gasteiger partial charge is 0.377 e. The summed E-state index contributed by atoms with van der Waals surface area (Å²) >= 11 is 0. The van der Waals surface area contributed by atoms with Gasteiger partial charge in [0.05, 0.1) is 22.9 Å². The van der Waals surface area contributed by atoms with E-state index in [1.807, 2.05) is 6.07 Å². The number of hydrogen-bond acceptors (Lipinski definition) is 3. The molecule has 1 aliphatic carbocycles. The summed E-state index contributed by atoms with van der Waals surface area (Å²) in [6.07, 6.45) is 8.01. The molecule has 1 saturated heterocycles. The minimum Gasteiger partial charge on any atom is -0.377 e. The Morgan fingerprint density at radius 2 is 1.84 bits per heavy atom. The van der Waals surface area contributed by atoms with Crippen LogP contribution in [0.2, 0.25) is 0 Å². The molecule has 0 bridgehead atoms. The van der Waals surface area contributed by atoms with Gasteiger partial charge in [-0.05, 0) is 25.0 Å². The van der Waals surface area contributed by atoms with E-state index in [-0.39, 0.29) is 23.2 Å². The molecule has 1 aromatic carbocycles. The first-order chi connectivity index (χ1) is 12.1. The smallest absolute Gasteiger partial charge is 0.181 e. The number of sulfone groups is 1. The number of fused-ring (bicyclic) bond motifs is 1. The number of unbranched alkanes of at least 4 members (excludes halogenated alkanes) is 4. The first-order valence-corrected chi connectivity index (χ1v) is 11.2. The number of ether oxygens (including phenoxy) is 1. The van der Waals surface area contributed by atoms with Crippen molar-refractivity contribution in [2.45, 2.75) is 68.1 Å². The van der Waals surface area contributed by atoms with E-state index >= 15 is 0 Å². The topological polar surface area (TPSA) is 43.4 Å². The number of rotatable bonds is 8. The van der Waals surface area contributed by atoms with Crippen LogP contribution < -0.4 is 0 Å². The Kier molecular flexibility index (Phi) is 6.00. The Labute approximate surface area is 152 Å². The van der Waals surface area contributed by atoms with Crippen LogP contribution in [0, 0.1) is 11.8 Å². The molecular formula is C21H30O3S. The summed E-state index contributed by atoms with van der Waals surface area (Å²) in [6.45, 7) is 7.00. The van der Waals surface area contributed by atoms with Gasteiger partial charge < -0.3 is 4.74 Å². The van der Waals surface area contributed by atoms with Crippen molar-refractivity contribution >= 4 is 9.84 Å². The van der Waals surface area contributed by atoms with Gasteiger partial charge in [0.2, 0.25) is 0 Å². The van der Waals surface area contributed by atoms with E-state index in [1.54, 1.807) is 24.3 Å². The van der Waals surface area contributed by atoms with Crippen molar-refractivity contribution in [2.24, 2.45) is 11.8 Å². The molecule has 0 amide bonds. The molecule has 0 aromatic heterocycles. The molecule has 138 valence electrons. The van der Waals surface area contributed by atoms with Crippen molar-refractivity contribution in [3.05, 3.63) is 42.5 Å². The second kappa shape index (κ2) is 8.05. The van der Waals surface area contributed by atoms with Gasteiger partial charge in [0.25, 0.3) is 0 Å². The van der Waals surface area contributed by atoms with Crippen molar-refractivity contribution in [3.8, 4) is 0 Å². The molecule has 3 rings (SSSR count). The second-order valence-corrected chi connectivity index (χ2v) is 9.69. The highest BCUT2D eigenvalue weighted by Gasteiger charge is 2.52. The van der Waals surface area contributed by atoms with Gasteiger partial charge in [0.15, 0.2) is 9.84 Å². The van der Waals surface area contributed by atoms with E-state index in [0.717, 1.165) is 18.4 Å². The predicted molar refractivity (Wildman–Crippen MR) is 101 cm³/mol. The zero-order valence-corrected chi connectivity index (χ0v) is 16.0. The van der Waals surface area contributed by atoms with Gasteiger partial charge in [-0.2, -0.15) is 0 Å². The van der Waals surface area contributed by atoms with Gasteiger partial charge in [-0.1, -0.05) is 69.4 Å². The Morgan fingerprint density at radius 1 is 1.12 bits per heavy atom. The molecule has 0 radical (unpaired) electrons. The molecule has 2 fully saturated rings. The third-order valence-electron chi connectivity index (χ3n) is 5.84. The highest BCUT2D eigenvalue weighted by atomic mass is 32.2. The van der Waals surface area contributed by atoms with Crippen LogP contribution in [0.5, 0.6) is 0 Å². The fourth-order valence-electron chi connectivity index (χ4n) is 4.50. The molecule has 1 heterocycles. The Morgan fingerprint density at radius 3 is 2.56 bits per heavy atom. The standard InChI is InChI=1S/C21H30O3S/c1-3-4-5-6-10-13-19-21-16(2)14-20(18(21)15-24-19)25(22,23)17-11-8-7-9-12-17/h7-9,11-12,18-21H,2-6,10,13-15H2,1H3/t18-,19+,20+,21-/m0/s1. The van der Waals surface area contributed by atoms with Crippen LogP contribution in [-0.4, -0.2) is 26.4 Å². The molecule has 4 heteroatoms. The van der Waals surface area contributed by atoms with Gasteiger partial charge in [0.1, 0.15) is 0 Å². The summed E-state index contributed by atoms with van der Waals surface area (Å²) < 4.78 is 32.2. The van der Waals surface area contributed by atoms with Crippen LogP contribution in [0.25, 0.3) is 0 Å². The van der Waals surface area contributed by atoms with E-state index in [4.69, 9.17) is 4.74 Å². The lowest BCUT2D eigenvalue weighted by molar-refractivity contribution is 0.0843. The number of benzene rings is 1. The zero-order valence-electron chi connectivity index (χ0n) is 15.2. The fraction of sp³-hybridized carbons (Fsp3) is 0.619. The van der Waals surface area contributed by atoms with Gasteiger partial charge in [0, 0.05) is 11.8 Å². The molecule has 0 unspecified atom stereocenters. The van der Waals surface area contributed by atoms with Crippen LogP contribution in [0.15, 0.2) is 47.4 Å². The molecule has 2 aliphatic rings. The van der Waals surface area contributed by atoms with Gasteiger partial charge in [-0.3, -0.25) is 0 Å². The van der Waals surface area contributed by atoms with Crippen molar-refractivity contribution < 1.29 is 13.2 Å². The maximum Gasteiger partial charge on any atom is 0.181 e. The van der Waals surface area contributed by atoms with Gasteiger partial charge >= 0.3 is 0 Å². The third-order valence-corrected chi connectivity index (χ3v) is 8.08. The lowest BCUT2D eigenvalue weighted by atomic mass is 9.89. The van der Waals surface area contributed by atoms with Crippen molar-refractivity contribution in [2.75, 3.05) is 6.61 Å². The first-order valence-electron chi connectivity index (χ1n) is 9.64. The highest BCUT2D eigenvalue weighted by molar-refractivity contribution is 7.92. The Balaban J connectivity index is 1.66. The maximum atomic E-state index is 13.1. The molecule has 1 aliphatic heterocycles. The van der Waals surface area contributed by atoms with E-state index < -0.39 is 9.84 Å². The summed E-state index contributed by atoms with van der Waals surface area (Å²) in [6, 6.07) is 8.83. The summed E-state index contributed by atoms with van der Waals surface area (Å²) in [5, 5.41) is -0.377. The Bertz CT molecular complexity index is 680. The van der Waals surface area contributed by atoms with Crippen LogP contribution in [0.4, 0.5) is 0 Å². The molecule has 4 atom stereocenters. The SMILES string of the molecule is C=C1C[C@@H](S(=O)(=O)c2ccccc2)[C@@H]2CO[C@H](CCCCCCC)[C@@H]12. The first kappa shape index (κ1) is 18.7. The molecule has 1 saturated carbocycles. The molecular weight excluding hydrogens is 332 g/mol. The monoisotopic (exact) mass is 362 g/mol. The summed E-state index contributed by atoms with van der Waals surface area (Å²) in [4.78, 5) is 0.427. The van der Waals surface area contributed by atoms with Crippen LogP contribution in [0.3, 0.4) is 0 Å². The normalized spacial score (nSPS) is 29.1. The summed E-state index contributed by atoms with van der Waals surface area (Å²) in [5.74, 6) is 0.285. The van der Waals surface area contributed by atoms with Crippen LogP contribution in [0.1, 0.15) is 51.9 Å². The van der Waals surface area contributed by atoms with Crippen molar-refractivity contribution in [1.29, 1.82) is 0 Å². The van der Waals surface area contributed by atoms with Crippen molar-refractivity contribution in [3.63, 3.8) is 0 Å². The zero-order chi connectivity index (χ0) is 17.9. The molecule has 3 nitrogen and oxygen atoms in total. The van der Waals surface area contributed by atoms with E-state index in [0.29, 0.717) is 17.9 Å². The fourth-order valence-corrected chi connectivity index (χ4v) is 6.53. The summed E-state index contributed by atoms with van der Waals surface area (Å²) in [5.41, 5.74) is 1.07. The molecule has 0 spiro atoms. The van der Waals surface area contributed by atoms with Crippen molar-refractivity contribution in [1.82, 2.24) is 0 Å². The van der Waals surface area contributed by atoms with E-state index in [9.17, 15) is 8.42 Å². The summed E-state index contributed by atoms with van der Waals surface area (Å²) in [7, 11) is -3.32. The Hall–Kier alpha value is -1.13. The quantitative estimate of drug-likeness (QED) is 0.494. The predicted octanol–water partition coefficient (Wildman–Crippen LogP) is 4.78. The molecule has 0 N–H and O–H groups in total. The highest BCUT2D eigenvalue weighted by Crippen LogP contribution is 2.48. The van der Waals surface area contributed by atoms with E-state index in [1.165, 1.54) is 25.7 Å². The average Bonchev–Trinajstić information content (AvgIpc) is 3.17. The average molecular weight is 363 g/mol. The minimum absolute atomic E-state index is 0.0679. The lowest BCUT2D eigenvalue weighted by Gasteiger charge is -2.19. The van der Waals surface area contributed by atoms with Gasteiger partial charge in [-0.15, -0.1) is 0 Å². The van der Waals surface area contributed by atoms with Crippen LogP contribution in [-0.2, 0) is 14.6 Å². The molecule has 1 aromatic rings. The van der Waals surface area contributed by atoms with Crippen LogP contribution >= 0.6 is 0 Å². The molecule has 25 heavy (non-hydrogen) atoms. The minimum atomic E-state index is -3.32. The maximum absolute atomic E-state index is 13.1. The third kappa shape index (κ3) is 3.85.